The first-order valence-corrected chi connectivity index (χ1v) is 7.21. The van der Waals surface area contributed by atoms with Gasteiger partial charge in [0.05, 0.1) is 4.91 Å². The van der Waals surface area contributed by atoms with Gasteiger partial charge >= 0.3 is 0 Å². The zero-order valence-electron chi connectivity index (χ0n) is 11.2. The molecule has 0 aromatic heterocycles. The van der Waals surface area contributed by atoms with E-state index in [2.05, 4.69) is 5.32 Å². The Labute approximate surface area is 130 Å². The Morgan fingerprint density at radius 1 is 1.05 bits per heavy atom. The minimum Gasteiger partial charge on any atom is -0.457 e. The number of thioether (sulfide) groups is 1. The highest BCUT2D eigenvalue weighted by Crippen LogP contribution is 2.31. The van der Waals surface area contributed by atoms with Crippen LogP contribution in [0.4, 0.5) is 9.18 Å². The van der Waals surface area contributed by atoms with Crippen molar-refractivity contribution in [2.45, 2.75) is 0 Å². The molecule has 1 aliphatic rings. The van der Waals surface area contributed by atoms with Gasteiger partial charge < -0.3 is 4.74 Å². The number of benzene rings is 2. The maximum absolute atomic E-state index is 12.9. The Morgan fingerprint density at radius 2 is 1.77 bits per heavy atom. The molecule has 0 saturated carbocycles. The standard InChI is InChI=1S/C16H10FNO3S/c17-11-5-7-12(8-6-11)21-13-4-2-1-3-10(13)9-14-15(19)18-16(20)22-14/h1-9H,(H,18,19,20)/b14-9-. The molecule has 0 spiro atoms. The molecule has 2 amide bonds. The summed E-state index contributed by atoms with van der Waals surface area (Å²) < 4.78 is 18.6. The molecule has 1 fully saturated rings. The maximum Gasteiger partial charge on any atom is 0.290 e. The van der Waals surface area contributed by atoms with Crippen LogP contribution in [0.2, 0.25) is 0 Å². The van der Waals surface area contributed by atoms with Crippen molar-refractivity contribution in [1.82, 2.24) is 5.32 Å². The molecule has 2 aromatic carbocycles. The average Bonchev–Trinajstić information content (AvgIpc) is 2.81. The molecular formula is C16H10FNO3S. The fourth-order valence-corrected chi connectivity index (χ4v) is 2.56. The summed E-state index contributed by atoms with van der Waals surface area (Å²) in [4.78, 5) is 23.1. The Bertz CT molecular complexity index is 771. The first-order valence-electron chi connectivity index (χ1n) is 6.39. The van der Waals surface area contributed by atoms with Gasteiger partial charge in [-0.1, -0.05) is 18.2 Å². The van der Waals surface area contributed by atoms with Crippen molar-refractivity contribution in [1.29, 1.82) is 0 Å². The van der Waals surface area contributed by atoms with Crippen molar-refractivity contribution in [2.75, 3.05) is 0 Å². The molecule has 1 aliphatic heterocycles. The van der Waals surface area contributed by atoms with Crippen molar-refractivity contribution in [3.8, 4) is 11.5 Å². The molecule has 0 unspecified atom stereocenters. The molecule has 0 atom stereocenters. The second-order valence-electron chi connectivity index (χ2n) is 4.45. The average molecular weight is 315 g/mol. The number of carbonyl (C=O) groups is 2. The van der Waals surface area contributed by atoms with Gasteiger partial charge in [0.2, 0.25) is 0 Å². The molecule has 0 aliphatic carbocycles. The first kappa shape index (κ1) is 14.3. The lowest BCUT2D eigenvalue weighted by atomic mass is 10.2. The van der Waals surface area contributed by atoms with Gasteiger partial charge in [0, 0.05) is 5.56 Å². The van der Waals surface area contributed by atoms with E-state index in [1.54, 1.807) is 30.3 Å². The molecule has 110 valence electrons. The van der Waals surface area contributed by atoms with Crippen molar-refractivity contribution in [3.05, 3.63) is 64.8 Å². The number of amides is 2. The number of rotatable bonds is 3. The molecule has 1 heterocycles. The van der Waals surface area contributed by atoms with Crippen molar-refractivity contribution in [2.24, 2.45) is 0 Å². The van der Waals surface area contributed by atoms with E-state index in [9.17, 15) is 14.0 Å². The number of nitrogens with one attached hydrogen (secondary N) is 1. The number of imide groups is 1. The summed E-state index contributed by atoms with van der Waals surface area (Å²) in [6.45, 7) is 0. The lowest BCUT2D eigenvalue weighted by Crippen LogP contribution is -2.17. The summed E-state index contributed by atoms with van der Waals surface area (Å²) >= 11 is 0.842. The van der Waals surface area contributed by atoms with Crippen LogP contribution in [-0.2, 0) is 4.79 Å². The SMILES string of the molecule is O=C1NC(=O)/C(=C/c2ccccc2Oc2ccc(F)cc2)S1. The zero-order valence-corrected chi connectivity index (χ0v) is 12.0. The van der Waals surface area contributed by atoms with Gasteiger partial charge in [0.25, 0.3) is 11.1 Å². The van der Waals surface area contributed by atoms with Crippen LogP contribution in [0.25, 0.3) is 6.08 Å². The van der Waals surface area contributed by atoms with E-state index in [0.717, 1.165) is 11.8 Å². The third-order valence-corrected chi connectivity index (χ3v) is 3.70. The van der Waals surface area contributed by atoms with Gasteiger partial charge in [-0.3, -0.25) is 14.9 Å². The van der Waals surface area contributed by atoms with Crippen LogP contribution in [0, 0.1) is 5.82 Å². The van der Waals surface area contributed by atoms with Crippen molar-refractivity contribution >= 4 is 29.0 Å². The van der Waals surface area contributed by atoms with E-state index >= 15 is 0 Å². The fraction of sp³-hybridized carbons (Fsp3) is 0. The highest BCUT2D eigenvalue weighted by Gasteiger charge is 2.25. The normalized spacial score (nSPS) is 16.0. The predicted octanol–water partition coefficient (Wildman–Crippen LogP) is 3.94. The van der Waals surface area contributed by atoms with Gasteiger partial charge in [0.1, 0.15) is 17.3 Å². The molecule has 6 heteroatoms. The number of hydrogen-bond donors (Lipinski definition) is 1. The van der Waals surface area contributed by atoms with Crippen LogP contribution >= 0.6 is 11.8 Å². The molecule has 0 bridgehead atoms. The summed E-state index contributed by atoms with van der Waals surface area (Å²) in [5.41, 5.74) is 0.652. The number of ether oxygens (including phenoxy) is 1. The quantitative estimate of drug-likeness (QED) is 0.872. The van der Waals surface area contributed by atoms with E-state index in [0.29, 0.717) is 22.0 Å². The Balaban J connectivity index is 1.90. The number of halogens is 1. The van der Waals surface area contributed by atoms with Crippen LogP contribution in [0.5, 0.6) is 11.5 Å². The first-order chi connectivity index (χ1) is 10.6. The van der Waals surface area contributed by atoms with E-state index in [4.69, 9.17) is 4.74 Å². The Morgan fingerprint density at radius 3 is 2.45 bits per heavy atom. The summed E-state index contributed by atoms with van der Waals surface area (Å²) in [6.07, 6.45) is 1.59. The van der Waals surface area contributed by atoms with E-state index in [-0.39, 0.29) is 5.82 Å². The van der Waals surface area contributed by atoms with Gasteiger partial charge in [-0.25, -0.2) is 4.39 Å². The lowest BCUT2D eigenvalue weighted by molar-refractivity contribution is -0.115. The highest BCUT2D eigenvalue weighted by molar-refractivity contribution is 8.18. The van der Waals surface area contributed by atoms with Crippen molar-refractivity contribution in [3.63, 3.8) is 0 Å². The minimum atomic E-state index is -0.424. The molecule has 2 aromatic rings. The lowest BCUT2D eigenvalue weighted by Gasteiger charge is -2.09. The zero-order chi connectivity index (χ0) is 15.5. The summed E-state index contributed by atoms with van der Waals surface area (Å²) in [6, 6.07) is 12.7. The third-order valence-electron chi connectivity index (χ3n) is 2.89. The molecule has 3 rings (SSSR count). The molecular weight excluding hydrogens is 305 g/mol. The molecule has 22 heavy (non-hydrogen) atoms. The second kappa shape index (κ2) is 6.03. The number of carbonyl (C=O) groups excluding carboxylic acids is 2. The minimum absolute atomic E-state index is 0.306. The maximum atomic E-state index is 12.9. The van der Waals surface area contributed by atoms with Crippen LogP contribution < -0.4 is 10.1 Å². The smallest absolute Gasteiger partial charge is 0.290 e. The van der Waals surface area contributed by atoms with Gasteiger partial charge in [-0.05, 0) is 48.2 Å². The molecule has 1 saturated heterocycles. The summed E-state index contributed by atoms with van der Waals surface area (Å²) in [5, 5.41) is 1.80. The molecule has 1 N–H and O–H groups in total. The van der Waals surface area contributed by atoms with E-state index < -0.39 is 11.1 Å². The van der Waals surface area contributed by atoms with E-state index in [1.807, 2.05) is 0 Å². The highest BCUT2D eigenvalue weighted by atomic mass is 32.2. The topological polar surface area (TPSA) is 55.4 Å². The predicted molar refractivity (Wildman–Crippen MR) is 82.0 cm³/mol. The molecule has 0 radical (unpaired) electrons. The fourth-order valence-electron chi connectivity index (χ4n) is 1.88. The summed E-state index contributed by atoms with van der Waals surface area (Å²) in [7, 11) is 0. The van der Waals surface area contributed by atoms with E-state index in [1.165, 1.54) is 24.3 Å². The number of para-hydroxylation sites is 1. The van der Waals surface area contributed by atoms with Gasteiger partial charge in [-0.2, -0.15) is 0 Å². The van der Waals surface area contributed by atoms with Crippen LogP contribution in [-0.4, -0.2) is 11.1 Å². The van der Waals surface area contributed by atoms with Crippen LogP contribution in [0.15, 0.2) is 53.4 Å². The van der Waals surface area contributed by atoms with Gasteiger partial charge in [0.15, 0.2) is 0 Å². The second-order valence-corrected chi connectivity index (χ2v) is 5.46. The largest absolute Gasteiger partial charge is 0.457 e. The summed E-state index contributed by atoms with van der Waals surface area (Å²) in [5.74, 6) is 0.216. The van der Waals surface area contributed by atoms with Gasteiger partial charge in [-0.15, -0.1) is 0 Å². The number of hydrogen-bond acceptors (Lipinski definition) is 4. The monoisotopic (exact) mass is 315 g/mol. The Hall–Kier alpha value is -2.60. The van der Waals surface area contributed by atoms with Crippen LogP contribution in [0.1, 0.15) is 5.56 Å². The van der Waals surface area contributed by atoms with Crippen LogP contribution in [0.3, 0.4) is 0 Å². The molecule has 4 nitrogen and oxygen atoms in total. The van der Waals surface area contributed by atoms with Crippen molar-refractivity contribution < 1.29 is 18.7 Å². The Kier molecular flexibility index (Phi) is 3.93. The third kappa shape index (κ3) is 3.17.